The topological polar surface area (TPSA) is 90.7 Å². The quantitative estimate of drug-likeness (QED) is 0.521. The SMILES string of the molecule is Cc1nc(-c2cccc(NC=C3C(=O)OC(C)(C)OC3=O)c2)oc1C. The minimum Gasteiger partial charge on any atom is -0.441 e. The summed E-state index contributed by atoms with van der Waals surface area (Å²) >= 11 is 0. The van der Waals surface area contributed by atoms with Gasteiger partial charge in [0.25, 0.3) is 5.79 Å². The molecule has 0 spiro atoms. The van der Waals surface area contributed by atoms with E-state index in [1.54, 1.807) is 12.1 Å². The van der Waals surface area contributed by atoms with Crippen LogP contribution in [0.25, 0.3) is 11.5 Å². The molecule has 1 N–H and O–H groups in total. The normalized spacial score (nSPS) is 16.2. The third-order valence-electron chi connectivity index (χ3n) is 3.64. The summed E-state index contributed by atoms with van der Waals surface area (Å²) in [5.41, 5.74) is 2.05. The van der Waals surface area contributed by atoms with Crippen molar-refractivity contribution in [1.29, 1.82) is 0 Å². The van der Waals surface area contributed by atoms with Crippen molar-refractivity contribution in [3.05, 3.63) is 47.5 Å². The molecule has 130 valence electrons. The van der Waals surface area contributed by atoms with Crippen LogP contribution in [0.1, 0.15) is 25.3 Å². The first-order chi connectivity index (χ1) is 11.7. The molecule has 3 rings (SSSR count). The first kappa shape index (κ1) is 16.8. The van der Waals surface area contributed by atoms with Crippen molar-refractivity contribution in [2.45, 2.75) is 33.5 Å². The zero-order valence-corrected chi connectivity index (χ0v) is 14.4. The van der Waals surface area contributed by atoms with E-state index in [1.165, 1.54) is 20.0 Å². The molecule has 1 aliphatic heterocycles. The van der Waals surface area contributed by atoms with E-state index in [1.807, 2.05) is 26.0 Å². The number of aromatic nitrogens is 1. The Morgan fingerprint density at radius 2 is 1.80 bits per heavy atom. The number of oxazole rings is 1. The summed E-state index contributed by atoms with van der Waals surface area (Å²) in [4.78, 5) is 28.2. The molecule has 1 fully saturated rings. The molecule has 7 nitrogen and oxygen atoms in total. The minimum absolute atomic E-state index is 0.201. The highest BCUT2D eigenvalue weighted by atomic mass is 16.7. The Balaban J connectivity index is 1.81. The molecule has 0 bridgehead atoms. The average molecular weight is 342 g/mol. The molecule has 0 amide bonds. The van der Waals surface area contributed by atoms with Crippen molar-refractivity contribution >= 4 is 17.6 Å². The standard InChI is InChI=1S/C18H18N2O5/c1-10-11(2)23-15(20-10)12-6-5-7-13(8-12)19-9-14-16(21)24-18(3,4)25-17(14)22/h5-9,19H,1-4H3. The second-order valence-electron chi connectivity index (χ2n) is 6.12. The fourth-order valence-electron chi connectivity index (χ4n) is 2.27. The van der Waals surface area contributed by atoms with Crippen molar-refractivity contribution < 1.29 is 23.5 Å². The largest absolute Gasteiger partial charge is 0.441 e. The number of nitrogens with zero attached hydrogens (tertiary/aromatic N) is 1. The van der Waals surface area contributed by atoms with Gasteiger partial charge in [-0.25, -0.2) is 14.6 Å². The molecule has 2 heterocycles. The first-order valence-electron chi connectivity index (χ1n) is 7.73. The van der Waals surface area contributed by atoms with Gasteiger partial charge in [0.05, 0.1) is 5.69 Å². The van der Waals surface area contributed by atoms with E-state index in [2.05, 4.69) is 10.3 Å². The molecule has 0 unspecified atom stereocenters. The highest BCUT2D eigenvalue weighted by molar-refractivity contribution is 6.15. The van der Waals surface area contributed by atoms with Crippen LogP contribution in [-0.2, 0) is 19.1 Å². The summed E-state index contributed by atoms with van der Waals surface area (Å²) < 4.78 is 15.7. The van der Waals surface area contributed by atoms with Gasteiger partial charge in [-0.2, -0.15) is 0 Å². The fraction of sp³-hybridized carbons (Fsp3) is 0.278. The highest BCUT2D eigenvalue weighted by Crippen LogP contribution is 2.25. The average Bonchev–Trinajstić information content (AvgIpc) is 2.85. The van der Waals surface area contributed by atoms with E-state index in [0.29, 0.717) is 11.6 Å². The molecule has 1 aromatic heterocycles. The predicted molar refractivity (Wildman–Crippen MR) is 89.4 cm³/mol. The third kappa shape index (κ3) is 3.55. The summed E-state index contributed by atoms with van der Waals surface area (Å²) in [7, 11) is 0. The van der Waals surface area contributed by atoms with Gasteiger partial charge in [0.15, 0.2) is 5.57 Å². The lowest BCUT2D eigenvalue weighted by atomic mass is 10.2. The van der Waals surface area contributed by atoms with Gasteiger partial charge in [0, 0.05) is 31.3 Å². The number of carbonyl (C=O) groups is 2. The van der Waals surface area contributed by atoms with Gasteiger partial charge in [-0.3, -0.25) is 0 Å². The van der Waals surface area contributed by atoms with Crippen LogP contribution in [0.2, 0.25) is 0 Å². The number of cyclic esters (lactones) is 2. The number of carbonyl (C=O) groups excluding carboxylic acids is 2. The molecule has 0 atom stereocenters. The van der Waals surface area contributed by atoms with Gasteiger partial charge < -0.3 is 19.2 Å². The van der Waals surface area contributed by atoms with Gasteiger partial charge in [-0.15, -0.1) is 0 Å². The molecule has 2 aromatic rings. The zero-order chi connectivity index (χ0) is 18.2. The first-order valence-corrected chi connectivity index (χ1v) is 7.73. The van der Waals surface area contributed by atoms with Gasteiger partial charge in [-0.1, -0.05) is 6.07 Å². The van der Waals surface area contributed by atoms with E-state index in [0.717, 1.165) is 17.0 Å². The molecule has 0 aliphatic carbocycles. The minimum atomic E-state index is -1.26. The number of hydrogen-bond donors (Lipinski definition) is 1. The predicted octanol–water partition coefficient (Wildman–Crippen LogP) is 3.09. The molecular weight excluding hydrogens is 324 g/mol. The van der Waals surface area contributed by atoms with Crippen molar-refractivity contribution in [2.75, 3.05) is 5.32 Å². The summed E-state index contributed by atoms with van der Waals surface area (Å²) in [6.07, 6.45) is 1.27. The third-order valence-corrected chi connectivity index (χ3v) is 3.64. The Morgan fingerprint density at radius 1 is 1.12 bits per heavy atom. The number of ether oxygens (including phenoxy) is 2. The van der Waals surface area contributed by atoms with Crippen LogP contribution >= 0.6 is 0 Å². The second kappa shape index (κ2) is 6.08. The van der Waals surface area contributed by atoms with Crippen LogP contribution in [0.3, 0.4) is 0 Å². The number of benzene rings is 1. The Hall–Kier alpha value is -3.09. The van der Waals surface area contributed by atoms with Crippen LogP contribution < -0.4 is 5.32 Å². The molecule has 1 aromatic carbocycles. The molecule has 0 saturated carbocycles. The monoisotopic (exact) mass is 342 g/mol. The van der Waals surface area contributed by atoms with Gasteiger partial charge in [-0.05, 0) is 32.0 Å². The highest BCUT2D eigenvalue weighted by Gasteiger charge is 2.38. The molecule has 1 saturated heterocycles. The summed E-state index contributed by atoms with van der Waals surface area (Å²) in [5, 5.41) is 2.90. The lowest BCUT2D eigenvalue weighted by Gasteiger charge is -2.29. The zero-order valence-electron chi connectivity index (χ0n) is 14.4. The van der Waals surface area contributed by atoms with Crippen molar-refractivity contribution in [2.24, 2.45) is 0 Å². The van der Waals surface area contributed by atoms with Crippen LogP contribution in [0, 0.1) is 13.8 Å². The van der Waals surface area contributed by atoms with Crippen LogP contribution in [0.5, 0.6) is 0 Å². The van der Waals surface area contributed by atoms with Crippen molar-refractivity contribution in [3.8, 4) is 11.5 Å². The Morgan fingerprint density at radius 3 is 2.40 bits per heavy atom. The van der Waals surface area contributed by atoms with E-state index in [-0.39, 0.29) is 5.57 Å². The Bertz CT molecular complexity index is 838. The summed E-state index contributed by atoms with van der Waals surface area (Å²) in [5.74, 6) is -1.46. The van der Waals surface area contributed by atoms with Gasteiger partial charge >= 0.3 is 11.9 Å². The molecule has 25 heavy (non-hydrogen) atoms. The number of nitrogens with one attached hydrogen (secondary N) is 1. The Kier molecular flexibility index (Phi) is 4.08. The lowest BCUT2D eigenvalue weighted by Crippen LogP contribution is -2.42. The van der Waals surface area contributed by atoms with Gasteiger partial charge in [0.1, 0.15) is 5.76 Å². The number of aryl methyl sites for hydroxylation is 2. The number of rotatable bonds is 3. The molecule has 1 aliphatic rings. The number of hydrogen-bond acceptors (Lipinski definition) is 7. The van der Waals surface area contributed by atoms with Crippen molar-refractivity contribution in [1.82, 2.24) is 4.98 Å². The van der Waals surface area contributed by atoms with E-state index >= 15 is 0 Å². The smallest absolute Gasteiger partial charge is 0.350 e. The van der Waals surface area contributed by atoms with E-state index in [9.17, 15) is 9.59 Å². The maximum atomic E-state index is 11.9. The summed E-state index contributed by atoms with van der Waals surface area (Å²) in [6.45, 7) is 6.71. The molecular formula is C18H18N2O5. The maximum Gasteiger partial charge on any atom is 0.350 e. The molecule has 7 heteroatoms. The van der Waals surface area contributed by atoms with Crippen molar-refractivity contribution in [3.63, 3.8) is 0 Å². The molecule has 0 radical (unpaired) electrons. The van der Waals surface area contributed by atoms with Crippen LogP contribution in [-0.4, -0.2) is 22.7 Å². The van der Waals surface area contributed by atoms with Crippen LogP contribution in [0.15, 0.2) is 40.5 Å². The maximum absolute atomic E-state index is 11.9. The van der Waals surface area contributed by atoms with E-state index in [4.69, 9.17) is 13.9 Å². The number of anilines is 1. The number of esters is 2. The lowest BCUT2D eigenvalue weighted by molar-refractivity contribution is -0.222. The Labute approximate surface area is 144 Å². The van der Waals surface area contributed by atoms with Crippen LogP contribution in [0.4, 0.5) is 5.69 Å². The fourth-order valence-corrected chi connectivity index (χ4v) is 2.27. The second-order valence-corrected chi connectivity index (χ2v) is 6.12. The van der Waals surface area contributed by atoms with Gasteiger partial charge in [0.2, 0.25) is 5.89 Å². The summed E-state index contributed by atoms with van der Waals surface area (Å²) in [6, 6.07) is 7.25. The van der Waals surface area contributed by atoms with E-state index < -0.39 is 17.7 Å².